The van der Waals surface area contributed by atoms with Gasteiger partial charge in [-0.2, -0.15) is 5.10 Å². The van der Waals surface area contributed by atoms with Gasteiger partial charge >= 0.3 is 0 Å². The van der Waals surface area contributed by atoms with Crippen molar-refractivity contribution in [1.29, 1.82) is 0 Å². The van der Waals surface area contributed by atoms with Gasteiger partial charge in [0.15, 0.2) is 5.76 Å². The number of carbonyl (C=O) groups excluding carboxylic acids is 1. The first-order chi connectivity index (χ1) is 17.1. The lowest BCUT2D eigenvalue weighted by atomic mass is 9.94. The number of methoxy groups -OCH3 is 1. The molecule has 0 atom stereocenters. The molecule has 1 aliphatic rings. The van der Waals surface area contributed by atoms with Crippen LogP contribution >= 0.6 is 0 Å². The maximum atomic E-state index is 12.6. The predicted molar refractivity (Wildman–Crippen MR) is 131 cm³/mol. The lowest BCUT2D eigenvalue weighted by Crippen LogP contribution is -2.32. The average molecular weight is 472 g/mol. The van der Waals surface area contributed by atoms with Crippen molar-refractivity contribution >= 4 is 5.91 Å². The van der Waals surface area contributed by atoms with E-state index in [9.17, 15) is 4.79 Å². The SMILES string of the molecule is COCc1ccc(C(=O)NCc2c(C)ncc3c2CCN(Cc2cnn(-c4ccccc4)c2)C3)o1. The van der Waals surface area contributed by atoms with Crippen LogP contribution in [0.2, 0.25) is 0 Å². The van der Waals surface area contributed by atoms with Gasteiger partial charge in [0.25, 0.3) is 5.91 Å². The highest BCUT2D eigenvalue weighted by Crippen LogP contribution is 2.25. The van der Waals surface area contributed by atoms with Crippen molar-refractivity contribution in [2.45, 2.75) is 39.6 Å². The summed E-state index contributed by atoms with van der Waals surface area (Å²) in [5.74, 6) is 0.675. The smallest absolute Gasteiger partial charge is 0.287 e. The van der Waals surface area contributed by atoms with E-state index in [1.165, 1.54) is 16.7 Å². The molecule has 4 aromatic rings. The van der Waals surface area contributed by atoms with Crippen LogP contribution < -0.4 is 5.32 Å². The first kappa shape index (κ1) is 23.0. The van der Waals surface area contributed by atoms with Crippen LogP contribution in [0.15, 0.2) is 65.5 Å². The molecule has 1 aliphatic heterocycles. The Morgan fingerprint density at radius 1 is 1.17 bits per heavy atom. The molecule has 1 N–H and O–H groups in total. The number of benzene rings is 1. The molecule has 0 aliphatic carbocycles. The fourth-order valence-corrected chi connectivity index (χ4v) is 4.55. The molecule has 3 aromatic heterocycles. The minimum absolute atomic E-state index is 0.239. The van der Waals surface area contributed by atoms with E-state index in [1.807, 2.05) is 54.3 Å². The number of hydrogen-bond acceptors (Lipinski definition) is 6. The molecule has 1 amide bonds. The first-order valence-corrected chi connectivity index (χ1v) is 11.7. The van der Waals surface area contributed by atoms with Crippen molar-refractivity contribution in [3.05, 3.63) is 101 Å². The third-order valence-corrected chi connectivity index (χ3v) is 6.34. The van der Waals surface area contributed by atoms with Gasteiger partial charge in [-0.25, -0.2) is 4.68 Å². The van der Waals surface area contributed by atoms with Crippen molar-refractivity contribution in [3.63, 3.8) is 0 Å². The first-order valence-electron chi connectivity index (χ1n) is 11.7. The molecule has 4 heterocycles. The van der Waals surface area contributed by atoms with E-state index in [-0.39, 0.29) is 11.7 Å². The van der Waals surface area contributed by atoms with E-state index < -0.39 is 0 Å². The van der Waals surface area contributed by atoms with Gasteiger partial charge in [-0.15, -0.1) is 0 Å². The molecular weight excluding hydrogens is 442 g/mol. The molecule has 0 bridgehead atoms. The average Bonchev–Trinajstić information content (AvgIpc) is 3.54. The summed E-state index contributed by atoms with van der Waals surface area (Å²) in [6.07, 6.45) is 6.91. The summed E-state index contributed by atoms with van der Waals surface area (Å²) in [5, 5.41) is 7.52. The van der Waals surface area contributed by atoms with Crippen LogP contribution in [0.25, 0.3) is 5.69 Å². The van der Waals surface area contributed by atoms with Crippen LogP contribution in [0.1, 0.15) is 44.3 Å². The fourth-order valence-electron chi connectivity index (χ4n) is 4.55. The molecule has 0 unspecified atom stereocenters. The Hall–Kier alpha value is -3.75. The second kappa shape index (κ2) is 10.2. The number of nitrogens with one attached hydrogen (secondary N) is 1. The van der Waals surface area contributed by atoms with Crippen molar-refractivity contribution in [1.82, 2.24) is 25.0 Å². The van der Waals surface area contributed by atoms with E-state index in [4.69, 9.17) is 9.15 Å². The number of furan rings is 1. The second-order valence-electron chi connectivity index (χ2n) is 8.80. The molecule has 0 radical (unpaired) electrons. The third-order valence-electron chi connectivity index (χ3n) is 6.34. The lowest BCUT2D eigenvalue weighted by molar-refractivity contribution is 0.0914. The standard InChI is InChI=1S/C27H29N5O3/c1-19-25(14-29-27(33)26-9-8-23(35-26)18-34-2)24-10-11-31(17-21(24)13-28-19)15-20-12-30-32(16-20)22-6-4-3-5-7-22/h3-9,12-13,16H,10-11,14-15,17-18H2,1-2H3,(H,29,33). The van der Waals surface area contributed by atoms with E-state index in [0.717, 1.165) is 43.0 Å². The lowest BCUT2D eigenvalue weighted by Gasteiger charge is -2.30. The Balaban J connectivity index is 1.24. The van der Waals surface area contributed by atoms with Crippen molar-refractivity contribution in [3.8, 4) is 5.69 Å². The highest BCUT2D eigenvalue weighted by Gasteiger charge is 2.22. The molecule has 1 aromatic carbocycles. The second-order valence-corrected chi connectivity index (χ2v) is 8.80. The molecule has 5 rings (SSSR count). The number of fused-ring (bicyclic) bond motifs is 1. The number of hydrogen-bond donors (Lipinski definition) is 1. The van der Waals surface area contributed by atoms with Gasteiger partial charge in [0, 0.05) is 56.9 Å². The molecule has 0 fully saturated rings. The number of ether oxygens (including phenoxy) is 1. The number of aryl methyl sites for hydroxylation is 1. The van der Waals surface area contributed by atoms with Crippen LogP contribution in [0.4, 0.5) is 0 Å². The van der Waals surface area contributed by atoms with E-state index in [2.05, 4.69) is 26.5 Å². The van der Waals surface area contributed by atoms with Gasteiger partial charge < -0.3 is 14.5 Å². The zero-order valence-electron chi connectivity index (χ0n) is 20.0. The zero-order chi connectivity index (χ0) is 24.2. The van der Waals surface area contributed by atoms with Gasteiger partial charge in [-0.1, -0.05) is 18.2 Å². The zero-order valence-corrected chi connectivity index (χ0v) is 20.0. The Morgan fingerprint density at radius 3 is 2.86 bits per heavy atom. The Labute approximate surface area is 204 Å². The molecule has 8 heteroatoms. The number of rotatable bonds is 8. The summed E-state index contributed by atoms with van der Waals surface area (Å²) in [6.45, 7) is 5.34. The van der Waals surface area contributed by atoms with Crippen LogP contribution in [0.3, 0.4) is 0 Å². The minimum atomic E-state index is -0.239. The highest BCUT2D eigenvalue weighted by molar-refractivity contribution is 5.91. The number of amides is 1. The number of carbonyl (C=O) groups is 1. The van der Waals surface area contributed by atoms with Crippen LogP contribution in [-0.4, -0.2) is 39.2 Å². The molecule has 0 saturated carbocycles. The summed E-state index contributed by atoms with van der Waals surface area (Å²) < 4.78 is 12.5. The Bertz CT molecular complexity index is 1310. The van der Waals surface area contributed by atoms with E-state index >= 15 is 0 Å². The monoisotopic (exact) mass is 471 g/mol. The van der Waals surface area contributed by atoms with Crippen LogP contribution in [-0.2, 0) is 37.4 Å². The summed E-state index contributed by atoms with van der Waals surface area (Å²) in [4.78, 5) is 19.6. The largest absolute Gasteiger partial charge is 0.453 e. The van der Waals surface area contributed by atoms with Crippen molar-refractivity contribution < 1.29 is 13.9 Å². The predicted octanol–water partition coefficient (Wildman–Crippen LogP) is 3.80. The normalized spacial score (nSPS) is 13.5. The maximum absolute atomic E-state index is 12.6. The number of para-hydroxylation sites is 1. The van der Waals surface area contributed by atoms with Gasteiger partial charge in [-0.3, -0.25) is 14.7 Å². The summed E-state index contributed by atoms with van der Waals surface area (Å²) in [7, 11) is 1.59. The van der Waals surface area contributed by atoms with Gasteiger partial charge in [0.1, 0.15) is 12.4 Å². The Morgan fingerprint density at radius 2 is 2.03 bits per heavy atom. The van der Waals surface area contributed by atoms with Crippen LogP contribution in [0, 0.1) is 6.92 Å². The number of aromatic nitrogens is 3. The third kappa shape index (κ3) is 5.18. The quantitative estimate of drug-likeness (QED) is 0.421. The van der Waals surface area contributed by atoms with Gasteiger partial charge in [0.05, 0.1) is 11.9 Å². The topological polar surface area (TPSA) is 85.4 Å². The number of pyridine rings is 1. The fraction of sp³-hybridized carbons (Fsp3) is 0.296. The molecule has 0 spiro atoms. The summed E-state index contributed by atoms with van der Waals surface area (Å²) in [6, 6.07) is 13.6. The minimum Gasteiger partial charge on any atom is -0.453 e. The molecule has 35 heavy (non-hydrogen) atoms. The van der Waals surface area contributed by atoms with E-state index in [1.54, 1.807) is 19.2 Å². The van der Waals surface area contributed by atoms with Gasteiger partial charge in [0.2, 0.25) is 0 Å². The molecule has 8 nitrogen and oxygen atoms in total. The molecule has 180 valence electrons. The van der Waals surface area contributed by atoms with E-state index in [0.29, 0.717) is 18.9 Å². The Kier molecular flexibility index (Phi) is 6.74. The number of nitrogens with zero attached hydrogens (tertiary/aromatic N) is 4. The summed E-state index contributed by atoms with van der Waals surface area (Å²) in [5.41, 5.74) is 6.77. The van der Waals surface area contributed by atoms with Crippen LogP contribution in [0.5, 0.6) is 0 Å². The molecule has 0 saturated heterocycles. The van der Waals surface area contributed by atoms with Crippen molar-refractivity contribution in [2.24, 2.45) is 0 Å². The van der Waals surface area contributed by atoms with Crippen molar-refractivity contribution in [2.75, 3.05) is 13.7 Å². The molecular formula is C27H29N5O3. The highest BCUT2D eigenvalue weighted by atomic mass is 16.5. The van der Waals surface area contributed by atoms with Gasteiger partial charge in [-0.05, 0) is 54.3 Å². The summed E-state index contributed by atoms with van der Waals surface area (Å²) >= 11 is 0. The maximum Gasteiger partial charge on any atom is 0.287 e.